The van der Waals surface area contributed by atoms with Gasteiger partial charge in [-0.1, -0.05) is 11.8 Å². The van der Waals surface area contributed by atoms with Crippen LogP contribution >= 0.6 is 11.8 Å². The molecule has 2 atom stereocenters. The van der Waals surface area contributed by atoms with E-state index in [1.54, 1.807) is 20.8 Å². The molecule has 0 radical (unpaired) electrons. The molecular formula is C16H23F3N2O5S. The van der Waals surface area contributed by atoms with Crippen molar-refractivity contribution in [1.29, 1.82) is 0 Å². The molecule has 0 saturated carbocycles. The first-order valence-electron chi connectivity index (χ1n) is 7.76. The van der Waals surface area contributed by atoms with Gasteiger partial charge in [0.25, 0.3) is 0 Å². The van der Waals surface area contributed by atoms with Crippen molar-refractivity contribution < 1.29 is 36.9 Å². The third-order valence-corrected chi connectivity index (χ3v) is 4.68. The molecule has 0 fully saturated rings. The number of ether oxygens (including phenoxy) is 4. The zero-order chi connectivity index (χ0) is 21.0. The Hall–Kier alpha value is -1.75. The average Bonchev–Trinajstić information content (AvgIpc) is 2.55. The summed E-state index contributed by atoms with van der Waals surface area (Å²) < 4.78 is 61.0. The summed E-state index contributed by atoms with van der Waals surface area (Å²) in [6, 6.07) is 1.35. The third-order valence-electron chi connectivity index (χ3n) is 3.41. The molecule has 27 heavy (non-hydrogen) atoms. The van der Waals surface area contributed by atoms with Gasteiger partial charge >= 0.3 is 12.1 Å². The Morgan fingerprint density at radius 1 is 1.04 bits per heavy atom. The molecule has 154 valence electrons. The highest BCUT2D eigenvalue weighted by atomic mass is 32.2. The Morgan fingerprint density at radius 3 is 1.85 bits per heavy atom. The van der Waals surface area contributed by atoms with Crippen molar-refractivity contribution in [3.63, 3.8) is 0 Å². The number of alkyl halides is 3. The van der Waals surface area contributed by atoms with E-state index in [9.17, 15) is 18.0 Å². The first kappa shape index (κ1) is 23.3. The number of esters is 1. The monoisotopic (exact) mass is 412 g/mol. The van der Waals surface area contributed by atoms with E-state index in [0.29, 0.717) is 11.8 Å². The predicted molar refractivity (Wildman–Crippen MR) is 92.1 cm³/mol. The van der Waals surface area contributed by atoms with Crippen molar-refractivity contribution >= 4 is 17.7 Å². The van der Waals surface area contributed by atoms with Crippen LogP contribution in [0.1, 0.15) is 27.7 Å². The molecule has 11 heteroatoms. The SMILES string of the molecule is COc1cc(OC)nc(SC(C(=O)OC(C)(C)C)C(C)(OC)C(F)(F)F)n1. The molecule has 1 heterocycles. The molecule has 1 aromatic heterocycles. The van der Waals surface area contributed by atoms with Crippen LogP contribution in [0.3, 0.4) is 0 Å². The number of carbonyl (C=O) groups excluding carboxylic acids is 1. The van der Waals surface area contributed by atoms with E-state index in [2.05, 4.69) is 9.97 Å². The lowest BCUT2D eigenvalue weighted by Crippen LogP contribution is -2.56. The zero-order valence-electron chi connectivity index (χ0n) is 16.1. The van der Waals surface area contributed by atoms with E-state index in [1.807, 2.05) is 0 Å². The van der Waals surface area contributed by atoms with Crippen LogP contribution < -0.4 is 9.47 Å². The van der Waals surface area contributed by atoms with Gasteiger partial charge in [0.1, 0.15) is 10.9 Å². The van der Waals surface area contributed by atoms with E-state index in [1.165, 1.54) is 20.3 Å². The molecule has 0 N–H and O–H groups in total. The van der Waals surface area contributed by atoms with Crippen molar-refractivity contribution in [1.82, 2.24) is 9.97 Å². The van der Waals surface area contributed by atoms with E-state index >= 15 is 0 Å². The van der Waals surface area contributed by atoms with Gasteiger partial charge in [0.15, 0.2) is 10.8 Å². The first-order chi connectivity index (χ1) is 12.3. The number of carbonyl (C=O) groups is 1. The highest BCUT2D eigenvalue weighted by Gasteiger charge is 2.60. The van der Waals surface area contributed by atoms with Gasteiger partial charge in [0, 0.05) is 7.11 Å². The fraction of sp³-hybridized carbons (Fsp3) is 0.688. The zero-order valence-corrected chi connectivity index (χ0v) is 16.9. The molecule has 0 amide bonds. The van der Waals surface area contributed by atoms with E-state index < -0.39 is 28.6 Å². The molecule has 0 spiro atoms. The number of nitrogens with zero attached hydrogens (tertiary/aromatic N) is 2. The molecule has 0 aliphatic carbocycles. The van der Waals surface area contributed by atoms with Gasteiger partial charge in [-0.25, -0.2) is 0 Å². The summed E-state index contributed by atoms with van der Waals surface area (Å²) in [6.45, 7) is 5.42. The predicted octanol–water partition coefficient (Wildman–Crippen LogP) is 3.26. The molecule has 1 rings (SSSR count). The number of hydrogen-bond donors (Lipinski definition) is 0. The second-order valence-electron chi connectivity index (χ2n) is 6.58. The minimum atomic E-state index is -4.86. The largest absolute Gasteiger partial charge is 0.481 e. The quantitative estimate of drug-likeness (QED) is 0.384. The van der Waals surface area contributed by atoms with Crippen LogP contribution in [-0.4, -0.2) is 59.9 Å². The normalized spacial score (nSPS) is 15.6. The maximum Gasteiger partial charge on any atom is 0.418 e. The summed E-state index contributed by atoms with van der Waals surface area (Å²) in [5, 5.41) is -1.99. The van der Waals surface area contributed by atoms with Crippen molar-refractivity contribution in [3.8, 4) is 11.8 Å². The number of rotatable bonds is 7. The molecule has 0 saturated heterocycles. The van der Waals surface area contributed by atoms with E-state index in [0.717, 1.165) is 14.0 Å². The van der Waals surface area contributed by atoms with Gasteiger partial charge in [-0.3, -0.25) is 4.79 Å². The van der Waals surface area contributed by atoms with Crippen LogP contribution in [0.4, 0.5) is 13.2 Å². The standard InChI is InChI=1S/C16H23F3N2O5S/c1-14(2,3)26-12(22)11(15(4,25-7)16(17,18)19)27-13-20-9(23-5)8-10(21-13)24-6/h8,11H,1-7H3. The van der Waals surface area contributed by atoms with E-state index in [-0.39, 0.29) is 16.9 Å². The maximum atomic E-state index is 13.7. The van der Waals surface area contributed by atoms with E-state index in [4.69, 9.17) is 18.9 Å². The number of halogens is 3. The number of methoxy groups -OCH3 is 3. The Balaban J connectivity index is 3.40. The fourth-order valence-electron chi connectivity index (χ4n) is 1.86. The molecule has 0 aromatic carbocycles. The lowest BCUT2D eigenvalue weighted by atomic mass is 10.0. The van der Waals surface area contributed by atoms with Gasteiger partial charge in [-0.05, 0) is 27.7 Å². The summed E-state index contributed by atoms with van der Waals surface area (Å²) >= 11 is 0.453. The summed E-state index contributed by atoms with van der Waals surface area (Å²) in [7, 11) is 3.53. The number of thioether (sulfide) groups is 1. The summed E-state index contributed by atoms with van der Waals surface area (Å²) in [5.74, 6) is -0.976. The summed E-state index contributed by atoms with van der Waals surface area (Å²) in [6.07, 6.45) is -4.86. The fourth-order valence-corrected chi connectivity index (χ4v) is 2.96. The van der Waals surface area contributed by atoms with Crippen molar-refractivity contribution in [2.45, 2.75) is 55.5 Å². The van der Waals surface area contributed by atoms with Gasteiger partial charge in [0.2, 0.25) is 11.8 Å². The lowest BCUT2D eigenvalue weighted by Gasteiger charge is -2.36. The van der Waals surface area contributed by atoms with Crippen LogP contribution in [0.5, 0.6) is 11.8 Å². The summed E-state index contributed by atoms with van der Waals surface area (Å²) in [4.78, 5) is 20.5. The molecule has 7 nitrogen and oxygen atoms in total. The topological polar surface area (TPSA) is 79.8 Å². The first-order valence-corrected chi connectivity index (χ1v) is 8.64. The molecule has 2 unspecified atom stereocenters. The van der Waals surface area contributed by atoms with Crippen LogP contribution in [0.2, 0.25) is 0 Å². The highest BCUT2D eigenvalue weighted by molar-refractivity contribution is 8.00. The second-order valence-corrected chi connectivity index (χ2v) is 7.65. The average molecular weight is 412 g/mol. The second kappa shape index (κ2) is 8.51. The minimum absolute atomic E-state index is 0.0680. The van der Waals surface area contributed by atoms with Gasteiger partial charge < -0.3 is 18.9 Å². The Bertz CT molecular complexity index is 644. The number of hydrogen-bond acceptors (Lipinski definition) is 8. The molecular weight excluding hydrogens is 389 g/mol. The molecule has 1 aromatic rings. The third kappa shape index (κ3) is 5.86. The molecule has 0 aliphatic heterocycles. The smallest absolute Gasteiger partial charge is 0.418 e. The van der Waals surface area contributed by atoms with Crippen LogP contribution in [-0.2, 0) is 14.3 Å². The summed E-state index contributed by atoms with van der Waals surface area (Å²) in [5.41, 5.74) is -3.84. The van der Waals surface area contributed by atoms with Gasteiger partial charge in [0.05, 0.1) is 20.3 Å². The maximum absolute atomic E-state index is 13.7. The van der Waals surface area contributed by atoms with Crippen LogP contribution in [0.15, 0.2) is 11.2 Å². The Morgan fingerprint density at radius 2 is 1.52 bits per heavy atom. The van der Waals surface area contributed by atoms with Crippen molar-refractivity contribution in [3.05, 3.63) is 6.07 Å². The van der Waals surface area contributed by atoms with Crippen molar-refractivity contribution in [2.24, 2.45) is 0 Å². The lowest BCUT2D eigenvalue weighted by molar-refractivity contribution is -0.263. The van der Waals surface area contributed by atoms with Crippen LogP contribution in [0.25, 0.3) is 0 Å². The molecule has 0 bridgehead atoms. The van der Waals surface area contributed by atoms with Gasteiger partial charge in [-0.15, -0.1) is 0 Å². The molecule has 0 aliphatic rings. The van der Waals surface area contributed by atoms with Crippen molar-refractivity contribution in [2.75, 3.05) is 21.3 Å². The highest BCUT2D eigenvalue weighted by Crippen LogP contribution is 2.43. The Kier molecular flexibility index (Phi) is 7.34. The minimum Gasteiger partial charge on any atom is -0.481 e. The Labute approximate surface area is 159 Å². The van der Waals surface area contributed by atoms with Crippen LogP contribution in [0, 0.1) is 0 Å². The number of aromatic nitrogens is 2. The van der Waals surface area contributed by atoms with Gasteiger partial charge in [-0.2, -0.15) is 23.1 Å².